The number of fused-ring (bicyclic) bond motifs is 2. The number of piperidine rings is 2. The van der Waals surface area contributed by atoms with Crippen molar-refractivity contribution < 1.29 is 0 Å². The Bertz CT molecular complexity index is 427. The minimum atomic E-state index is 0.565. The van der Waals surface area contributed by atoms with Crippen LogP contribution in [0.25, 0.3) is 0 Å². The summed E-state index contributed by atoms with van der Waals surface area (Å²) in [6, 6.07) is 2.08. The third kappa shape index (κ3) is 2.39. The van der Waals surface area contributed by atoms with Crippen LogP contribution in [0.2, 0.25) is 0 Å². The summed E-state index contributed by atoms with van der Waals surface area (Å²) in [4.78, 5) is 2.58. The van der Waals surface area contributed by atoms with Gasteiger partial charge in [0.2, 0.25) is 5.13 Å². The van der Waals surface area contributed by atoms with E-state index in [2.05, 4.69) is 27.5 Å². The lowest BCUT2D eigenvalue weighted by Gasteiger charge is -2.47. The van der Waals surface area contributed by atoms with E-state index in [1.807, 2.05) is 0 Å². The Kier molecular flexibility index (Phi) is 3.19. The number of rotatable bonds is 2. The minimum absolute atomic E-state index is 0.565. The van der Waals surface area contributed by atoms with Gasteiger partial charge in [0.25, 0.3) is 0 Å². The van der Waals surface area contributed by atoms with Crippen LogP contribution in [0, 0.1) is 3.95 Å². The molecule has 2 aliphatic rings. The molecule has 0 aliphatic carbocycles. The van der Waals surface area contributed by atoms with E-state index in [0.29, 0.717) is 6.04 Å². The average molecular weight is 270 g/mol. The molecule has 6 heteroatoms. The number of aromatic amines is 1. The van der Waals surface area contributed by atoms with Crippen LogP contribution in [0.15, 0.2) is 0 Å². The molecule has 0 amide bonds. The van der Waals surface area contributed by atoms with Crippen LogP contribution in [0.4, 0.5) is 5.13 Å². The maximum absolute atomic E-state index is 5.05. The van der Waals surface area contributed by atoms with Crippen molar-refractivity contribution in [2.75, 3.05) is 12.4 Å². The Balaban J connectivity index is 1.68. The van der Waals surface area contributed by atoms with Crippen LogP contribution in [0.3, 0.4) is 0 Å². The van der Waals surface area contributed by atoms with Crippen molar-refractivity contribution in [1.82, 2.24) is 15.1 Å². The van der Waals surface area contributed by atoms with E-state index in [-0.39, 0.29) is 0 Å². The van der Waals surface area contributed by atoms with Crippen LogP contribution in [-0.2, 0) is 0 Å². The van der Waals surface area contributed by atoms with Gasteiger partial charge in [-0.3, -0.25) is 5.10 Å². The lowest BCUT2D eigenvalue weighted by atomic mass is 9.82. The fraction of sp³-hybridized carbons (Fsp3) is 0.818. The first-order valence-corrected chi connectivity index (χ1v) is 7.49. The van der Waals surface area contributed by atoms with E-state index in [1.165, 1.54) is 43.4 Å². The zero-order valence-electron chi connectivity index (χ0n) is 9.98. The van der Waals surface area contributed by atoms with Crippen molar-refractivity contribution in [3.05, 3.63) is 3.95 Å². The molecule has 0 spiro atoms. The van der Waals surface area contributed by atoms with Gasteiger partial charge in [0, 0.05) is 18.1 Å². The zero-order valence-corrected chi connectivity index (χ0v) is 11.6. The summed E-state index contributed by atoms with van der Waals surface area (Å²) in [5.41, 5.74) is 0. The molecule has 2 bridgehead atoms. The molecule has 1 aromatic rings. The summed E-state index contributed by atoms with van der Waals surface area (Å²) >= 11 is 6.59. The van der Waals surface area contributed by atoms with E-state index in [4.69, 9.17) is 12.2 Å². The molecule has 17 heavy (non-hydrogen) atoms. The highest BCUT2D eigenvalue weighted by molar-refractivity contribution is 7.73. The third-order valence-corrected chi connectivity index (χ3v) is 5.13. The van der Waals surface area contributed by atoms with Crippen LogP contribution >= 0.6 is 23.6 Å². The van der Waals surface area contributed by atoms with Gasteiger partial charge >= 0.3 is 0 Å². The summed E-state index contributed by atoms with van der Waals surface area (Å²) < 4.78 is 0.751. The van der Waals surface area contributed by atoms with Crippen molar-refractivity contribution in [3.63, 3.8) is 0 Å². The van der Waals surface area contributed by atoms with Crippen molar-refractivity contribution >= 4 is 28.7 Å². The summed E-state index contributed by atoms with van der Waals surface area (Å²) in [7, 11) is 2.28. The number of H-pyrrole nitrogens is 1. The van der Waals surface area contributed by atoms with Crippen molar-refractivity contribution in [3.8, 4) is 0 Å². The molecular formula is C11H18N4S2. The fourth-order valence-corrected chi connectivity index (χ4v) is 4.07. The molecule has 0 saturated carbocycles. The smallest absolute Gasteiger partial charge is 0.204 e. The fourth-order valence-electron chi connectivity index (χ4n) is 3.20. The van der Waals surface area contributed by atoms with Crippen LogP contribution in [0.1, 0.15) is 32.1 Å². The van der Waals surface area contributed by atoms with E-state index in [1.54, 1.807) is 0 Å². The molecular weight excluding hydrogens is 252 g/mol. The van der Waals surface area contributed by atoms with Gasteiger partial charge in [-0.1, -0.05) is 17.8 Å². The molecule has 0 aromatic carbocycles. The highest BCUT2D eigenvalue weighted by Gasteiger charge is 2.36. The molecule has 2 saturated heterocycles. The Morgan fingerprint density at radius 2 is 2.12 bits per heavy atom. The summed E-state index contributed by atoms with van der Waals surface area (Å²) in [6.07, 6.45) is 6.56. The summed E-state index contributed by atoms with van der Waals surface area (Å²) in [5.74, 6) is 0. The maximum Gasteiger partial charge on any atom is 0.204 e. The van der Waals surface area contributed by atoms with Gasteiger partial charge in [-0.25, -0.2) is 0 Å². The predicted molar refractivity (Wildman–Crippen MR) is 73.1 cm³/mol. The highest BCUT2D eigenvalue weighted by atomic mass is 32.1. The molecule has 2 unspecified atom stereocenters. The number of aromatic nitrogens is 2. The number of nitrogens with one attached hydrogen (secondary N) is 2. The van der Waals surface area contributed by atoms with E-state index in [9.17, 15) is 0 Å². The first kappa shape index (κ1) is 11.6. The van der Waals surface area contributed by atoms with Gasteiger partial charge in [0.05, 0.1) is 0 Å². The molecule has 4 nitrogen and oxygen atoms in total. The van der Waals surface area contributed by atoms with Gasteiger partial charge in [0.1, 0.15) is 0 Å². The molecule has 3 rings (SSSR count). The molecule has 94 valence electrons. The second kappa shape index (κ2) is 4.66. The van der Waals surface area contributed by atoms with Crippen molar-refractivity contribution in [2.45, 2.75) is 50.2 Å². The lowest BCUT2D eigenvalue weighted by molar-refractivity contribution is 0.0608. The third-order valence-electron chi connectivity index (χ3n) is 4.11. The van der Waals surface area contributed by atoms with Crippen molar-refractivity contribution in [1.29, 1.82) is 0 Å². The lowest BCUT2D eigenvalue weighted by Crippen LogP contribution is -2.52. The Labute approximate surface area is 110 Å². The minimum Gasteiger partial charge on any atom is -0.357 e. The average Bonchev–Trinajstić information content (AvgIpc) is 2.66. The standard InChI is InChI=1S/C11H18N4S2/c1-15-8-3-2-4-9(15)6-7(5-8)12-10-13-14-11(16)17-10/h7-9H,2-6H2,1H3,(H,12,13)(H,14,16). The van der Waals surface area contributed by atoms with Crippen LogP contribution in [-0.4, -0.2) is 40.3 Å². The van der Waals surface area contributed by atoms with Gasteiger partial charge in [0.15, 0.2) is 3.95 Å². The van der Waals surface area contributed by atoms with Gasteiger partial charge < -0.3 is 10.2 Å². The molecule has 3 heterocycles. The zero-order chi connectivity index (χ0) is 11.8. The maximum atomic E-state index is 5.05. The van der Waals surface area contributed by atoms with Crippen LogP contribution < -0.4 is 5.32 Å². The quantitative estimate of drug-likeness (QED) is 0.811. The first-order valence-electron chi connectivity index (χ1n) is 6.26. The summed E-state index contributed by atoms with van der Waals surface area (Å²) in [5, 5.41) is 11.5. The Morgan fingerprint density at radius 3 is 2.71 bits per heavy atom. The Hall–Kier alpha value is -0.460. The largest absolute Gasteiger partial charge is 0.357 e. The van der Waals surface area contributed by atoms with E-state index in [0.717, 1.165) is 21.2 Å². The molecule has 2 N–H and O–H groups in total. The van der Waals surface area contributed by atoms with Gasteiger partial charge in [-0.15, -0.1) is 5.10 Å². The number of anilines is 1. The number of hydrogen-bond acceptors (Lipinski definition) is 5. The van der Waals surface area contributed by atoms with Crippen molar-refractivity contribution in [2.24, 2.45) is 0 Å². The second-order valence-electron chi connectivity index (χ2n) is 5.13. The Morgan fingerprint density at radius 1 is 1.41 bits per heavy atom. The summed E-state index contributed by atoms with van der Waals surface area (Å²) in [6.45, 7) is 0. The topological polar surface area (TPSA) is 44.0 Å². The van der Waals surface area contributed by atoms with E-state index < -0.39 is 0 Å². The van der Waals surface area contributed by atoms with E-state index >= 15 is 0 Å². The molecule has 2 atom stereocenters. The predicted octanol–water partition coefficient (Wildman–Crippen LogP) is 2.63. The van der Waals surface area contributed by atoms with Crippen LogP contribution in [0.5, 0.6) is 0 Å². The molecule has 0 radical (unpaired) electrons. The monoisotopic (exact) mass is 270 g/mol. The number of hydrogen-bond donors (Lipinski definition) is 2. The SMILES string of the molecule is CN1C2CCCC1CC(Nc1n[nH]c(=S)s1)C2. The first-order chi connectivity index (χ1) is 8.22. The second-order valence-corrected chi connectivity index (χ2v) is 6.80. The normalized spacial score (nSPS) is 33.6. The highest BCUT2D eigenvalue weighted by Crippen LogP contribution is 2.33. The molecule has 2 fully saturated rings. The van der Waals surface area contributed by atoms with Gasteiger partial charge in [-0.05, 0) is 44.9 Å². The molecule has 2 aliphatic heterocycles. The number of nitrogens with zero attached hydrogens (tertiary/aromatic N) is 2. The molecule has 1 aromatic heterocycles. The van der Waals surface area contributed by atoms with Gasteiger partial charge in [-0.2, -0.15) is 0 Å².